The quantitative estimate of drug-likeness (QED) is 0.393. The first-order chi connectivity index (χ1) is 13.0. The number of halogens is 2. The largest absolute Gasteiger partial charge is 0.481 e. The Balaban J connectivity index is 1.54. The number of allylic oxidation sites excluding steroid dienone is 2. The molecule has 0 heterocycles. The van der Waals surface area contributed by atoms with Gasteiger partial charge in [0.25, 0.3) is 0 Å². The lowest BCUT2D eigenvalue weighted by molar-refractivity contribution is -0.137. The van der Waals surface area contributed by atoms with E-state index in [1.54, 1.807) is 0 Å². The van der Waals surface area contributed by atoms with Crippen molar-refractivity contribution in [3.8, 4) is 0 Å². The van der Waals surface area contributed by atoms with Crippen LogP contribution < -0.4 is 5.32 Å². The fraction of sp³-hybridized carbons (Fsp3) is 0.591. The molecule has 1 aromatic carbocycles. The second kappa shape index (κ2) is 9.83. The van der Waals surface area contributed by atoms with Crippen LogP contribution in [0.1, 0.15) is 50.5 Å². The average Bonchev–Trinajstić information content (AvgIpc) is 2.64. The molecule has 3 aliphatic carbocycles. The number of carbonyl (C=O) groups is 1. The predicted molar refractivity (Wildman–Crippen MR) is 109 cm³/mol. The van der Waals surface area contributed by atoms with Crippen LogP contribution >= 0.6 is 15.9 Å². The van der Waals surface area contributed by atoms with Crippen molar-refractivity contribution in [2.45, 2.75) is 51.5 Å². The minimum Gasteiger partial charge on any atom is -0.481 e. The molecule has 3 nitrogen and oxygen atoms in total. The van der Waals surface area contributed by atoms with Crippen molar-refractivity contribution in [3.05, 3.63) is 46.2 Å². The molecule has 0 saturated heterocycles. The highest BCUT2D eigenvalue weighted by molar-refractivity contribution is 9.10. The lowest BCUT2D eigenvalue weighted by Gasteiger charge is -2.48. The van der Waals surface area contributed by atoms with Crippen LogP contribution in [0, 0.1) is 29.5 Å². The first kappa shape index (κ1) is 20.5. The van der Waals surface area contributed by atoms with Gasteiger partial charge in [-0.25, -0.2) is 4.39 Å². The summed E-state index contributed by atoms with van der Waals surface area (Å²) in [6.45, 7) is 1.48. The Morgan fingerprint density at radius 1 is 1.26 bits per heavy atom. The Morgan fingerprint density at radius 3 is 2.70 bits per heavy atom. The van der Waals surface area contributed by atoms with Gasteiger partial charge in [-0.3, -0.25) is 4.79 Å². The monoisotopic (exact) mass is 437 g/mol. The van der Waals surface area contributed by atoms with Gasteiger partial charge in [0.2, 0.25) is 0 Å². The number of benzene rings is 1. The van der Waals surface area contributed by atoms with Crippen LogP contribution in [0.5, 0.6) is 0 Å². The minimum absolute atomic E-state index is 0.170. The second-order valence-corrected chi connectivity index (χ2v) is 8.91. The lowest BCUT2D eigenvalue weighted by Crippen LogP contribution is -2.43. The summed E-state index contributed by atoms with van der Waals surface area (Å²) >= 11 is 3.30. The zero-order valence-electron chi connectivity index (χ0n) is 15.7. The highest BCUT2D eigenvalue weighted by atomic mass is 79.9. The number of unbranched alkanes of at least 4 members (excludes halogenated alkanes) is 1. The Morgan fingerprint density at radius 2 is 2.00 bits per heavy atom. The number of hydrogen-bond acceptors (Lipinski definition) is 2. The molecule has 3 aliphatic rings. The van der Waals surface area contributed by atoms with Crippen molar-refractivity contribution in [2.24, 2.45) is 23.7 Å². The van der Waals surface area contributed by atoms with Gasteiger partial charge < -0.3 is 10.4 Å². The molecule has 0 unspecified atom stereocenters. The maximum absolute atomic E-state index is 14.0. The van der Waals surface area contributed by atoms with Crippen LogP contribution in [0.25, 0.3) is 0 Å². The molecular weight excluding hydrogens is 409 g/mol. The molecular formula is C22H29BrFNO2. The molecule has 3 fully saturated rings. The zero-order valence-corrected chi connectivity index (χ0v) is 17.3. The third-order valence-electron chi connectivity index (χ3n) is 6.29. The molecule has 5 heteroatoms. The van der Waals surface area contributed by atoms with Gasteiger partial charge in [-0.1, -0.05) is 34.1 Å². The maximum Gasteiger partial charge on any atom is 0.303 e. The van der Waals surface area contributed by atoms with Crippen molar-refractivity contribution in [2.75, 3.05) is 6.54 Å². The van der Waals surface area contributed by atoms with Crippen molar-refractivity contribution in [3.63, 3.8) is 0 Å². The zero-order chi connectivity index (χ0) is 19.2. The first-order valence-electron chi connectivity index (χ1n) is 10.1. The minimum atomic E-state index is -0.720. The molecule has 4 rings (SSSR count). The SMILES string of the molecule is O=C(O)CCC/C=C\[C@H]1C2CCC(CC2)[C@@H]1CNCc1ccc(Br)cc1F. The van der Waals surface area contributed by atoms with Gasteiger partial charge in [-0.2, -0.15) is 0 Å². The third kappa shape index (κ3) is 5.64. The summed E-state index contributed by atoms with van der Waals surface area (Å²) in [5.41, 5.74) is 0.708. The van der Waals surface area contributed by atoms with E-state index in [1.165, 1.54) is 31.7 Å². The number of aliphatic carboxylic acids is 1. The summed E-state index contributed by atoms with van der Waals surface area (Å²) in [6.07, 6.45) is 11.6. The molecule has 27 heavy (non-hydrogen) atoms. The lowest BCUT2D eigenvalue weighted by atomic mass is 9.58. The van der Waals surface area contributed by atoms with E-state index in [-0.39, 0.29) is 12.2 Å². The number of nitrogens with one attached hydrogen (secondary N) is 1. The molecule has 0 aromatic heterocycles. The van der Waals surface area contributed by atoms with E-state index in [0.717, 1.165) is 29.3 Å². The molecule has 2 atom stereocenters. The summed E-state index contributed by atoms with van der Waals surface area (Å²) in [6, 6.07) is 5.23. The number of hydrogen-bond donors (Lipinski definition) is 2. The van der Waals surface area contributed by atoms with Crippen LogP contribution in [0.15, 0.2) is 34.8 Å². The van der Waals surface area contributed by atoms with E-state index in [4.69, 9.17) is 5.11 Å². The summed E-state index contributed by atoms with van der Waals surface area (Å²) in [5.74, 6) is 1.79. The van der Waals surface area contributed by atoms with Crippen LogP contribution in [-0.2, 0) is 11.3 Å². The Bertz CT molecular complexity index is 670. The smallest absolute Gasteiger partial charge is 0.303 e. The summed E-state index contributed by atoms with van der Waals surface area (Å²) < 4.78 is 14.8. The normalized spacial score (nSPS) is 27.3. The van der Waals surface area contributed by atoms with Gasteiger partial charge in [-0.15, -0.1) is 0 Å². The second-order valence-electron chi connectivity index (χ2n) is 8.00. The van der Waals surface area contributed by atoms with Gasteiger partial charge in [-0.05, 0) is 80.9 Å². The molecule has 148 valence electrons. The summed E-state index contributed by atoms with van der Waals surface area (Å²) in [4.78, 5) is 10.6. The first-order valence-corrected chi connectivity index (χ1v) is 10.9. The van der Waals surface area contributed by atoms with Gasteiger partial charge in [0.1, 0.15) is 5.82 Å². The van der Waals surface area contributed by atoms with Crippen LogP contribution in [0.2, 0.25) is 0 Å². The summed E-state index contributed by atoms with van der Waals surface area (Å²) in [7, 11) is 0. The maximum atomic E-state index is 14.0. The van der Waals surface area contributed by atoms with E-state index in [2.05, 4.69) is 33.4 Å². The van der Waals surface area contributed by atoms with Gasteiger partial charge in [0.05, 0.1) is 0 Å². The fourth-order valence-corrected chi connectivity index (χ4v) is 5.22. The molecule has 0 aliphatic heterocycles. The molecule has 1 aromatic rings. The van der Waals surface area contributed by atoms with Crippen molar-refractivity contribution in [1.29, 1.82) is 0 Å². The van der Waals surface area contributed by atoms with E-state index in [1.807, 2.05) is 12.1 Å². The molecule has 0 radical (unpaired) electrons. The van der Waals surface area contributed by atoms with Crippen molar-refractivity contribution in [1.82, 2.24) is 5.32 Å². The number of carboxylic acid groups (broad SMARTS) is 1. The van der Waals surface area contributed by atoms with Crippen molar-refractivity contribution >= 4 is 21.9 Å². The van der Waals surface area contributed by atoms with Gasteiger partial charge in [0.15, 0.2) is 0 Å². The standard InChI is InChI=1S/C22H29BrFNO2/c23-18-11-10-17(21(24)12-18)13-25-14-20-16-8-6-15(7-9-16)19(20)4-2-1-3-5-22(26)27/h2,4,10-12,15-16,19-20,25H,1,3,5-9,13-14H2,(H,26,27)/b4-2-/t15?,16?,19-,20-/m0/s1. The highest BCUT2D eigenvalue weighted by Gasteiger charge is 2.41. The van der Waals surface area contributed by atoms with E-state index in [0.29, 0.717) is 30.4 Å². The average molecular weight is 438 g/mol. The van der Waals surface area contributed by atoms with Crippen LogP contribution in [-0.4, -0.2) is 17.6 Å². The van der Waals surface area contributed by atoms with E-state index >= 15 is 0 Å². The number of rotatable bonds is 9. The molecule has 2 N–H and O–H groups in total. The third-order valence-corrected chi connectivity index (χ3v) is 6.78. The fourth-order valence-electron chi connectivity index (χ4n) is 4.89. The molecule has 3 saturated carbocycles. The predicted octanol–water partition coefficient (Wildman–Crippen LogP) is 5.54. The number of carboxylic acids is 1. The van der Waals surface area contributed by atoms with Gasteiger partial charge >= 0.3 is 5.97 Å². The van der Waals surface area contributed by atoms with E-state index < -0.39 is 5.97 Å². The van der Waals surface area contributed by atoms with E-state index in [9.17, 15) is 9.18 Å². The molecule has 0 amide bonds. The molecule has 2 bridgehead atoms. The van der Waals surface area contributed by atoms with Crippen LogP contribution in [0.3, 0.4) is 0 Å². The number of fused-ring (bicyclic) bond motifs is 3. The van der Waals surface area contributed by atoms with Crippen LogP contribution in [0.4, 0.5) is 4.39 Å². The Kier molecular flexibility index (Phi) is 7.48. The topological polar surface area (TPSA) is 49.3 Å². The Labute approximate surface area is 169 Å². The van der Waals surface area contributed by atoms with Crippen molar-refractivity contribution < 1.29 is 14.3 Å². The summed E-state index contributed by atoms with van der Waals surface area (Å²) in [5, 5.41) is 12.2. The molecule has 0 spiro atoms. The highest BCUT2D eigenvalue weighted by Crippen LogP contribution is 2.49. The van der Waals surface area contributed by atoms with Gasteiger partial charge in [0, 0.05) is 23.0 Å². The Hall–Kier alpha value is -1.20.